The molecule has 1 heterocycles. The first kappa shape index (κ1) is 20.2. The average Bonchev–Trinajstić information content (AvgIpc) is 3.20. The number of carbonyl (C=O) groups excluding carboxylic acids is 1. The van der Waals surface area contributed by atoms with E-state index in [1.54, 1.807) is 19.1 Å². The molecule has 150 valence electrons. The van der Waals surface area contributed by atoms with Gasteiger partial charge in [-0.2, -0.15) is 4.31 Å². The molecule has 28 heavy (non-hydrogen) atoms. The number of phenols is 1. The number of rotatable bonds is 6. The highest BCUT2D eigenvalue weighted by atomic mass is 32.2. The van der Waals surface area contributed by atoms with Crippen molar-refractivity contribution in [3.05, 3.63) is 48.0 Å². The number of nitrogens with zero attached hydrogens (tertiary/aromatic N) is 1. The molecular weight excluding hydrogens is 380 g/mol. The third-order valence-electron chi connectivity index (χ3n) is 4.63. The quantitative estimate of drug-likeness (QED) is 0.722. The van der Waals surface area contributed by atoms with E-state index in [-0.39, 0.29) is 16.3 Å². The minimum Gasteiger partial charge on any atom is -0.506 e. The molecule has 0 bridgehead atoms. The fourth-order valence-electron chi connectivity index (χ4n) is 2.96. The minimum atomic E-state index is -3.65. The number of aryl methyl sites for hydroxylation is 1. The summed E-state index contributed by atoms with van der Waals surface area (Å²) in [6.07, 6.45) is 0.824. The predicted molar refractivity (Wildman–Crippen MR) is 106 cm³/mol. The Morgan fingerprint density at radius 2 is 1.79 bits per heavy atom. The number of hydrogen-bond donors (Lipinski definition) is 2. The molecule has 1 amide bonds. The van der Waals surface area contributed by atoms with E-state index in [0.717, 1.165) is 18.4 Å². The summed E-state index contributed by atoms with van der Waals surface area (Å²) in [5.74, 6) is -0.161. The summed E-state index contributed by atoms with van der Waals surface area (Å²) in [5, 5.41) is 12.6. The maximum absolute atomic E-state index is 12.7. The van der Waals surface area contributed by atoms with Crippen molar-refractivity contribution in [2.45, 2.75) is 37.7 Å². The molecule has 1 fully saturated rings. The van der Waals surface area contributed by atoms with E-state index in [1.165, 1.54) is 22.5 Å². The average molecular weight is 404 g/mol. The Morgan fingerprint density at radius 1 is 1.14 bits per heavy atom. The SMILES string of the molecule is Cc1ccc(OC(C)C(=O)Nc2cc(S(=O)(=O)N3CCCC3)ccc2O)cc1. The standard InChI is InChI=1S/C20H24N2O5S/c1-14-5-7-16(8-6-14)27-15(2)20(24)21-18-13-17(9-10-19(18)23)28(25,26)22-11-3-4-12-22/h5-10,13,15,23H,3-4,11-12H2,1-2H3,(H,21,24). The van der Waals surface area contributed by atoms with E-state index in [0.29, 0.717) is 18.8 Å². The summed E-state index contributed by atoms with van der Waals surface area (Å²) in [7, 11) is -3.65. The molecule has 1 aliphatic heterocycles. The summed E-state index contributed by atoms with van der Waals surface area (Å²) in [6, 6.07) is 11.2. The van der Waals surface area contributed by atoms with Gasteiger partial charge in [-0.1, -0.05) is 17.7 Å². The summed E-state index contributed by atoms with van der Waals surface area (Å²) in [6.45, 7) is 4.49. The highest BCUT2D eigenvalue weighted by Gasteiger charge is 2.28. The molecule has 8 heteroatoms. The second-order valence-corrected chi connectivity index (χ2v) is 8.79. The zero-order valence-electron chi connectivity index (χ0n) is 15.9. The van der Waals surface area contributed by atoms with E-state index >= 15 is 0 Å². The number of phenolic OH excluding ortho intramolecular Hbond substituents is 1. The van der Waals surface area contributed by atoms with Crippen molar-refractivity contribution in [1.29, 1.82) is 0 Å². The molecule has 1 unspecified atom stereocenters. The van der Waals surface area contributed by atoms with Crippen molar-refractivity contribution >= 4 is 21.6 Å². The van der Waals surface area contributed by atoms with Gasteiger partial charge in [0, 0.05) is 13.1 Å². The van der Waals surface area contributed by atoms with Crippen LogP contribution in [0.2, 0.25) is 0 Å². The molecule has 1 saturated heterocycles. The van der Waals surface area contributed by atoms with Crippen molar-refractivity contribution in [2.75, 3.05) is 18.4 Å². The van der Waals surface area contributed by atoms with Crippen LogP contribution in [-0.2, 0) is 14.8 Å². The van der Waals surface area contributed by atoms with Crippen LogP contribution in [-0.4, -0.2) is 42.9 Å². The Balaban J connectivity index is 1.74. The van der Waals surface area contributed by atoms with Crippen LogP contribution in [0, 0.1) is 6.92 Å². The van der Waals surface area contributed by atoms with E-state index in [2.05, 4.69) is 5.32 Å². The second-order valence-electron chi connectivity index (χ2n) is 6.85. The number of sulfonamides is 1. The van der Waals surface area contributed by atoms with Gasteiger partial charge in [-0.25, -0.2) is 8.42 Å². The number of carbonyl (C=O) groups is 1. The van der Waals surface area contributed by atoms with Crippen LogP contribution < -0.4 is 10.1 Å². The molecule has 1 atom stereocenters. The van der Waals surface area contributed by atoms with Gasteiger partial charge in [-0.3, -0.25) is 4.79 Å². The molecule has 1 aliphatic rings. The van der Waals surface area contributed by atoms with Crippen LogP contribution in [0.5, 0.6) is 11.5 Å². The molecule has 3 rings (SSSR count). The maximum Gasteiger partial charge on any atom is 0.265 e. The number of hydrogen-bond acceptors (Lipinski definition) is 5. The van der Waals surface area contributed by atoms with Crippen LogP contribution in [0.25, 0.3) is 0 Å². The van der Waals surface area contributed by atoms with Crippen LogP contribution in [0.4, 0.5) is 5.69 Å². The lowest BCUT2D eigenvalue weighted by Crippen LogP contribution is -2.30. The summed E-state index contributed by atoms with van der Waals surface area (Å²) < 4.78 is 32.4. The number of amides is 1. The smallest absolute Gasteiger partial charge is 0.265 e. The number of ether oxygens (including phenoxy) is 1. The first-order valence-corrected chi connectivity index (χ1v) is 10.6. The first-order chi connectivity index (χ1) is 13.3. The van der Waals surface area contributed by atoms with Crippen LogP contribution >= 0.6 is 0 Å². The zero-order chi connectivity index (χ0) is 20.3. The van der Waals surface area contributed by atoms with Gasteiger partial charge >= 0.3 is 0 Å². The molecule has 2 aromatic rings. The third-order valence-corrected chi connectivity index (χ3v) is 6.53. The van der Waals surface area contributed by atoms with Crippen LogP contribution in [0.1, 0.15) is 25.3 Å². The Labute approximate surface area is 165 Å². The van der Waals surface area contributed by atoms with E-state index in [4.69, 9.17) is 4.74 Å². The molecule has 0 spiro atoms. The van der Waals surface area contributed by atoms with Crippen molar-refractivity contribution in [1.82, 2.24) is 4.31 Å². The molecule has 2 aromatic carbocycles. The van der Waals surface area contributed by atoms with Crippen molar-refractivity contribution in [3.8, 4) is 11.5 Å². The highest BCUT2D eigenvalue weighted by molar-refractivity contribution is 7.89. The van der Waals surface area contributed by atoms with Gasteiger partial charge in [0.15, 0.2) is 6.10 Å². The number of anilines is 1. The highest BCUT2D eigenvalue weighted by Crippen LogP contribution is 2.29. The monoisotopic (exact) mass is 404 g/mol. The lowest BCUT2D eigenvalue weighted by molar-refractivity contribution is -0.122. The van der Waals surface area contributed by atoms with Crippen LogP contribution in [0.15, 0.2) is 47.4 Å². The van der Waals surface area contributed by atoms with Gasteiger partial charge in [0.25, 0.3) is 5.91 Å². The van der Waals surface area contributed by atoms with Gasteiger partial charge in [0.05, 0.1) is 10.6 Å². The second kappa shape index (κ2) is 8.20. The molecule has 0 saturated carbocycles. The Kier molecular flexibility index (Phi) is 5.90. The summed E-state index contributed by atoms with van der Waals surface area (Å²) >= 11 is 0. The topological polar surface area (TPSA) is 95.9 Å². The van der Waals surface area contributed by atoms with Gasteiger partial charge < -0.3 is 15.2 Å². The minimum absolute atomic E-state index is 0.0321. The molecule has 2 N–H and O–H groups in total. The fraction of sp³-hybridized carbons (Fsp3) is 0.350. The summed E-state index contributed by atoms with van der Waals surface area (Å²) in [4.78, 5) is 12.5. The van der Waals surface area contributed by atoms with Crippen molar-refractivity contribution in [3.63, 3.8) is 0 Å². The van der Waals surface area contributed by atoms with Crippen molar-refractivity contribution in [2.24, 2.45) is 0 Å². The zero-order valence-corrected chi connectivity index (χ0v) is 16.7. The lowest BCUT2D eigenvalue weighted by atomic mass is 10.2. The molecule has 0 aliphatic carbocycles. The Morgan fingerprint density at radius 3 is 2.43 bits per heavy atom. The first-order valence-electron chi connectivity index (χ1n) is 9.15. The molecule has 0 aromatic heterocycles. The van der Waals surface area contributed by atoms with Gasteiger partial charge in [0.1, 0.15) is 11.5 Å². The van der Waals surface area contributed by atoms with E-state index in [9.17, 15) is 18.3 Å². The van der Waals surface area contributed by atoms with E-state index in [1.807, 2.05) is 19.1 Å². The normalized spacial score (nSPS) is 15.9. The predicted octanol–water partition coefficient (Wildman–Crippen LogP) is 2.89. The molecule has 7 nitrogen and oxygen atoms in total. The van der Waals surface area contributed by atoms with E-state index < -0.39 is 22.0 Å². The van der Waals surface area contributed by atoms with Gasteiger partial charge in [0.2, 0.25) is 10.0 Å². The van der Waals surface area contributed by atoms with Gasteiger partial charge in [-0.05, 0) is 57.0 Å². The number of benzene rings is 2. The summed E-state index contributed by atoms with van der Waals surface area (Å²) in [5.41, 5.74) is 1.11. The maximum atomic E-state index is 12.7. The lowest BCUT2D eigenvalue weighted by Gasteiger charge is -2.18. The Hall–Kier alpha value is -2.58. The number of aromatic hydroxyl groups is 1. The Bertz CT molecular complexity index is 951. The van der Waals surface area contributed by atoms with Crippen molar-refractivity contribution < 1.29 is 23.1 Å². The van der Waals surface area contributed by atoms with Crippen LogP contribution in [0.3, 0.4) is 0 Å². The largest absolute Gasteiger partial charge is 0.506 e. The third kappa shape index (κ3) is 4.45. The molecule has 0 radical (unpaired) electrons. The fourth-order valence-corrected chi connectivity index (χ4v) is 4.51. The molecular formula is C20H24N2O5S. The number of nitrogens with one attached hydrogen (secondary N) is 1. The van der Waals surface area contributed by atoms with Gasteiger partial charge in [-0.15, -0.1) is 0 Å².